The highest BCUT2D eigenvalue weighted by Gasteiger charge is 2.41. The smallest absolute Gasteiger partial charge is 0.331 e. The zero-order chi connectivity index (χ0) is 14.2. The molecule has 0 radical (unpaired) electrons. The average Bonchev–Trinajstić information content (AvgIpc) is 2.27. The maximum atomic E-state index is 12.0. The molecule has 0 amide bonds. The fourth-order valence-electron chi connectivity index (χ4n) is 2.08. The van der Waals surface area contributed by atoms with Crippen LogP contribution in [0.4, 0.5) is 0 Å². The molecule has 0 saturated carbocycles. The van der Waals surface area contributed by atoms with Crippen LogP contribution in [0, 0.1) is 5.92 Å². The molecular formula is C14H27NO3. The molecule has 3 N–H and O–H groups in total. The van der Waals surface area contributed by atoms with Crippen LogP contribution in [-0.4, -0.2) is 22.4 Å². The molecule has 0 aliphatic heterocycles. The lowest BCUT2D eigenvalue weighted by Crippen LogP contribution is -2.55. The van der Waals surface area contributed by atoms with Crippen molar-refractivity contribution in [3.8, 4) is 0 Å². The Labute approximate surface area is 110 Å². The standard InChI is InChI=1S/C14H27NO3/c1-4-5-6-7-8-9-12(16)14(15,13(17)18)10-11(2)3/h11H,4-10,15H2,1-3H3,(H,17,18)/t14-/m0/s1. The third-order valence-electron chi connectivity index (χ3n) is 3.12. The number of carboxylic acids is 1. The highest BCUT2D eigenvalue weighted by Crippen LogP contribution is 2.19. The van der Waals surface area contributed by atoms with E-state index in [0.29, 0.717) is 0 Å². The monoisotopic (exact) mass is 257 g/mol. The largest absolute Gasteiger partial charge is 0.480 e. The van der Waals surface area contributed by atoms with Crippen molar-refractivity contribution >= 4 is 11.8 Å². The maximum absolute atomic E-state index is 12.0. The zero-order valence-electron chi connectivity index (χ0n) is 11.9. The van der Waals surface area contributed by atoms with E-state index in [-0.39, 0.29) is 24.5 Å². The highest BCUT2D eigenvalue weighted by atomic mass is 16.4. The van der Waals surface area contributed by atoms with Crippen molar-refractivity contribution in [1.82, 2.24) is 0 Å². The number of unbranched alkanes of at least 4 members (excludes halogenated alkanes) is 4. The van der Waals surface area contributed by atoms with Gasteiger partial charge in [0.2, 0.25) is 0 Å². The van der Waals surface area contributed by atoms with Crippen molar-refractivity contribution in [1.29, 1.82) is 0 Å². The summed E-state index contributed by atoms with van der Waals surface area (Å²) in [6, 6.07) is 0. The van der Waals surface area contributed by atoms with Crippen molar-refractivity contribution in [2.45, 2.75) is 71.3 Å². The van der Waals surface area contributed by atoms with Gasteiger partial charge >= 0.3 is 5.97 Å². The van der Waals surface area contributed by atoms with Crippen molar-refractivity contribution in [2.75, 3.05) is 0 Å². The Kier molecular flexibility index (Phi) is 7.83. The summed E-state index contributed by atoms with van der Waals surface area (Å²) >= 11 is 0. The van der Waals surface area contributed by atoms with Gasteiger partial charge in [-0.05, 0) is 18.8 Å². The molecule has 18 heavy (non-hydrogen) atoms. The van der Waals surface area contributed by atoms with Crippen molar-refractivity contribution in [2.24, 2.45) is 11.7 Å². The SMILES string of the molecule is CCCCCCCC(=O)[C@@](N)(CC(C)C)C(=O)O. The van der Waals surface area contributed by atoms with Gasteiger partial charge in [-0.25, -0.2) is 4.79 Å². The number of carboxylic acid groups (broad SMARTS) is 1. The first-order valence-electron chi connectivity index (χ1n) is 6.90. The third-order valence-corrected chi connectivity index (χ3v) is 3.12. The van der Waals surface area contributed by atoms with E-state index in [9.17, 15) is 9.59 Å². The zero-order valence-corrected chi connectivity index (χ0v) is 11.9. The second-order valence-corrected chi connectivity index (χ2v) is 5.46. The first kappa shape index (κ1) is 17.1. The van der Waals surface area contributed by atoms with Gasteiger partial charge in [-0.3, -0.25) is 4.79 Å². The molecule has 1 atom stereocenters. The molecule has 0 aromatic rings. The fraction of sp³-hybridized carbons (Fsp3) is 0.857. The third kappa shape index (κ3) is 5.63. The summed E-state index contributed by atoms with van der Waals surface area (Å²) in [6.07, 6.45) is 5.60. The minimum atomic E-state index is -1.70. The number of hydrogen-bond acceptors (Lipinski definition) is 3. The molecule has 0 aliphatic carbocycles. The predicted molar refractivity (Wildman–Crippen MR) is 72.4 cm³/mol. The van der Waals surface area contributed by atoms with E-state index in [4.69, 9.17) is 10.8 Å². The molecule has 0 saturated heterocycles. The summed E-state index contributed by atoms with van der Waals surface area (Å²) in [6.45, 7) is 5.88. The van der Waals surface area contributed by atoms with E-state index in [2.05, 4.69) is 6.92 Å². The Morgan fingerprint density at radius 1 is 1.17 bits per heavy atom. The van der Waals surface area contributed by atoms with Gasteiger partial charge in [0.05, 0.1) is 0 Å². The molecule has 0 unspecified atom stereocenters. The van der Waals surface area contributed by atoms with E-state index < -0.39 is 11.5 Å². The molecule has 106 valence electrons. The fourth-order valence-corrected chi connectivity index (χ4v) is 2.08. The predicted octanol–water partition coefficient (Wildman–Crippen LogP) is 2.74. The van der Waals surface area contributed by atoms with Crippen LogP contribution in [0.2, 0.25) is 0 Å². The first-order chi connectivity index (χ1) is 8.34. The summed E-state index contributed by atoms with van der Waals surface area (Å²) in [5.41, 5.74) is 4.08. The molecule has 0 aliphatic rings. The topological polar surface area (TPSA) is 80.4 Å². The van der Waals surface area contributed by atoms with Crippen LogP contribution >= 0.6 is 0 Å². The molecule has 0 bridgehead atoms. The minimum Gasteiger partial charge on any atom is -0.480 e. The minimum absolute atomic E-state index is 0.0927. The van der Waals surface area contributed by atoms with E-state index in [1.165, 1.54) is 0 Å². The van der Waals surface area contributed by atoms with Gasteiger partial charge in [-0.1, -0.05) is 46.5 Å². The molecule has 0 rings (SSSR count). The molecule has 0 heterocycles. The Balaban J connectivity index is 4.28. The van der Waals surface area contributed by atoms with Crippen molar-refractivity contribution in [3.63, 3.8) is 0 Å². The Bertz CT molecular complexity index is 276. The van der Waals surface area contributed by atoms with Crippen LogP contribution in [0.25, 0.3) is 0 Å². The second-order valence-electron chi connectivity index (χ2n) is 5.46. The van der Waals surface area contributed by atoms with Crippen molar-refractivity contribution in [3.05, 3.63) is 0 Å². The summed E-state index contributed by atoms with van der Waals surface area (Å²) in [5, 5.41) is 9.15. The average molecular weight is 257 g/mol. The molecule has 0 aromatic carbocycles. The number of aliphatic carboxylic acids is 1. The van der Waals surface area contributed by atoms with Crippen LogP contribution in [-0.2, 0) is 9.59 Å². The van der Waals surface area contributed by atoms with Gasteiger partial charge < -0.3 is 10.8 Å². The maximum Gasteiger partial charge on any atom is 0.331 e. The van der Waals surface area contributed by atoms with Crippen LogP contribution in [0.3, 0.4) is 0 Å². The first-order valence-corrected chi connectivity index (χ1v) is 6.90. The highest BCUT2D eigenvalue weighted by molar-refractivity contribution is 6.07. The van der Waals surface area contributed by atoms with Gasteiger partial charge in [0.25, 0.3) is 0 Å². The van der Waals surface area contributed by atoms with E-state index in [1.807, 2.05) is 13.8 Å². The molecule has 0 spiro atoms. The van der Waals surface area contributed by atoms with Gasteiger partial charge in [0, 0.05) is 6.42 Å². The van der Waals surface area contributed by atoms with E-state index in [1.54, 1.807) is 0 Å². The van der Waals surface area contributed by atoms with Crippen molar-refractivity contribution < 1.29 is 14.7 Å². The van der Waals surface area contributed by atoms with Gasteiger partial charge in [0.1, 0.15) is 0 Å². The molecule has 0 fully saturated rings. The van der Waals surface area contributed by atoms with E-state index >= 15 is 0 Å². The second kappa shape index (κ2) is 8.25. The lowest BCUT2D eigenvalue weighted by Gasteiger charge is -2.25. The number of nitrogens with two attached hydrogens (primary N) is 1. The molecule has 4 nitrogen and oxygen atoms in total. The van der Waals surface area contributed by atoms with E-state index in [0.717, 1.165) is 32.1 Å². The lowest BCUT2D eigenvalue weighted by molar-refractivity contribution is -0.149. The summed E-state index contributed by atoms with van der Waals surface area (Å²) in [4.78, 5) is 23.2. The number of hydrogen-bond donors (Lipinski definition) is 2. The number of Topliss-reactive ketones (excluding diaryl/α,β-unsaturated/α-hetero) is 1. The van der Waals surface area contributed by atoms with Crippen LogP contribution in [0.5, 0.6) is 0 Å². The summed E-state index contributed by atoms with van der Waals surface area (Å²) in [5.74, 6) is -1.44. The quantitative estimate of drug-likeness (QED) is 0.466. The summed E-state index contributed by atoms with van der Waals surface area (Å²) < 4.78 is 0. The van der Waals surface area contributed by atoms with Crippen LogP contribution in [0.1, 0.15) is 65.7 Å². The van der Waals surface area contributed by atoms with Gasteiger partial charge in [-0.15, -0.1) is 0 Å². The number of ketones is 1. The number of carbonyl (C=O) groups is 2. The van der Waals surface area contributed by atoms with Gasteiger partial charge in [-0.2, -0.15) is 0 Å². The Morgan fingerprint density at radius 3 is 2.17 bits per heavy atom. The van der Waals surface area contributed by atoms with Gasteiger partial charge in [0.15, 0.2) is 11.3 Å². The molecule has 4 heteroatoms. The van der Waals surface area contributed by atoms with Crippen LogP contribution < -0.4 is 5.73 Å². The van der Waals surface area contributed by atoms with Crippen LogP contribution in [0.15, 0.2) is 0 Å². The number of rotatable bonds is 10. The summed E-state index contributed by atoms with van der Waals surface area (Å²) in [7, 11) is 0. The lowest BCUT2D eigenvalue weighted by atomic mass is 9.84. The Morgan fingerprint density at radius 2 is 1.72 bits per heavy atom. The molecular weight excluding hydrogens is 230 g/mol. The Hall–Kier alpha value is -0.900. The normalized spacial score (nSPS) is 14.5. The number of carbonyl (C=O) groups excluding carboxylic acids is 1. The molecule has 0 aromatic heterocycles.